The molecule has 0 bridgehead atoms. The maximum atomic E-state index is 5.71. The van der Waals surface area contributed by atoms with E-state index in [4.69, 9.17) is 9.47 Å². The molecule has 0 N–H and O–H groups in total. The standard InChI is InChI=1S/C19H26O2/c1-3-4-5-6-7-11-14-19(2)18(21-19)16-20-15-17-12-9-8-10-13-17/h8-10,12-13,18H,3-7,15-16H2,1-2H3/t18-,19+/m1/s1. The van der Waals surface area contributed by atoms with Crippen LogP contribution in [0.5, 0.6) is 0 Å². The second kappa shape index (κ2) is 8.22. The fraction of sp³-hybridized carbons (Fsp3) is 0.579. The molecule has 0 unspecified atom stereocenters. The van der Waals surface area contributed by atoms with Gasteiger partial charge in [-0.25, -0.2) is 0 Å². The third-order valence-corrected chi connectivity index (χ3v) is 3.82. The Morgan fingerprint density at radius 2 is 2.00 bits per heavy atom. The van der Waals surface area contributed by atoms with Crippen LogP contribution in [0, 0.1) is 11.8 Å². The third-order valence-electron chi connectivity index (χ3n) is 3.82. The Balaban J connectivity index is 1.61. The first-order chi connectivity index (χ1) is 10.2. The van der Waals surface area contributed by atoms with E-state index < -0.39 is 0 Å². The molecule has 0 amide bonds. The van der Waals surface area contributed by atoms with Crippen molar-refractivity contribution in [1.29, 1.82) is 0 Å². The number of ether oxygens (including phenoxy) is 2. The normalized spacial score (nSPS) is 23.4. The average Bonchev–Trinajstić information content (AvgIpc) is 3.14. The minimum atomic E-state index is -0.276. The zero-order valence-electron chi connectivity index (χ0n) is 13.2. The number of benzene rings is 1. The molecule has 114 valence electrons. The largest absolute Gasteiger partial charge is 0.374 e. The van der Waals surface area contributed by atoms with Crippen molar-refractivity contribution in [1.82, 2.24) is 0 Å². The summed E-state index contributed by atoms with van der Waals surface area (Å²) in [6, 6.07) is 10.2. The van der Waals surface area contributed by atoms with Gasteiger partial charge in [0.25, 0.3) is 0 Å². The Labute approximate surface area is 128 Å². The molecule has 1 aromatic carbocycles. The molecule has 1 heterocycles. The van der Waals surface area contributed by atoms with Gasteiger partial charge in [0.05, 0.1) is 13.2 Å². The monoisotopic (exact) mass is 286 g/mol. The van der Waals surface area contributed by atoms with Crippen LogP contribution in [0.1, 0.15) is 51.5 Å². The van der Waals surface area contributed by atoms with Crippen molar-refractivity contribution < 1.29 is 9.47 Å². The number of rotatable bonds is 8. The summed E-state index contributed by atoms with van der Waals surface area (Å²) >= 11 is 0. The van der Waals surface area contributed by atoms with Crippen molar-refractivity contribution in [2.24, 2.45) is 0 Å². The molecule has 1 saturated heterocycles. The number of unbranched alkanes of at least 4 members (excludes halogenated alkanes) is 4. The summed E-state index contributed by atoms with van der Waals surface area (Å²) in [6.45, 7) is 5.55. The maximum Gasteiger partial charge on any atom is 0.154 e. The van der Waals surface area contributed by atoms with Gasteiger partial charge in [0.1, 0.15) is 6.10 Å². The molecule has 2 heteroatoms. The van der Waals surface area contributed by atoms with E-state index in [0.717, 1.165) is 6.42 Å². The molecular formula is C19H26O2. The lowest BCUT2D eigenvalue weighted by molar-refractivity contribution is 0.104. The lowest BCUT2D eigenvalue weighted by atomic mass is 10.1. The SMILES string of the molecule is CCCCCCC#C[C@]1(C)O[C@@H]1COCc1ccccc1. The predicted molar refractivity (Wildman–Crippen MR) is 85.9 cm³/mol. The summed E-state index contributed by atoms with van der Waals surface area (Å²) < 4.78 is 11.4. The number of epoxide rings is 1. The van der Waals surface area contributed by atoms with Crippen molar-refractivity contribution in [3.63, 3.8) is 0 Å². The summed E-state index contributed by atoms with van der Waals surface area (Å²) in [5.74, 6) is 6.51. The first kappa shape index (κ1) is 16.1. The Hall–Kier alpha value is -1.30. The van der Waals surface area contributed by atoms with E-state index in [2.05, 4.69) is 37.8 Å². The molecule has 2 atom stereocenters. The summed E-state index contributed by atoms with van der Waals surface area (Å²) in [6.07, 6.45) is 6.18. The van der Waals surface area contributed by atoms with Crippen molar-refractivity contribution in [3.05, 3.63) is 35.9 Å². The van der Waals surface area contributed by atoms with Crippen LogP contribution in [0.25, 0.3) is 0 Å². The van der Waals surface area contributed by atoms with Gasteiger partial charge in [-0.1, -0.05) is 62.4 Å². The Morgan fingerprint density at radius 1 is 1.19 bits per heavy atom. The topological polar surface area (TPSA) is 21.8 Å². The van der Waals surface area contributed by atoms with Crippen molar-refractivity contribution in [3.8, 4) is 11.8 Å². The molecule has 0 aromatic heterocycles. The highest BCUT2D eigenvalue weighted by Gasteiger charge is 2.51. The Morgan fingerprint density at radius 3 is 2.76 bits per heavy atom. The molecule has 1 fully saturated rings. The van der Waals surface area contributed by atoms with Crippen LogP contribution in [0.3, 0.4) is 0 Å². The van der Waals surface area contributed by atoms with Crippen LogP contribution >= 0.6 is 0 Å². The zero-order chi connectivity index (χ0) is 15.0. The molecule has 0 spiro atoms. The molecule has 2 rings (SSSR count). The molecule has 21 heavy (non-hydrogen) atoms. The van der Waals surface area contributed by atoms with Gasteiger partial charge in [-0.3, -0.25) is 0 Å². The van der Waals surface area contributed by atoms with Crippen LogP contribution in [0.15, 0.2) is 30.3 Å². The highest BCUT2D eigenvalue weighted by atomic mass is 16.6. The van der Waals surface area contributed by atoms with Crippen molar-refractivity contribution in [2.75, 3.05) is 6.61 Å². The van der Waals surface area contributed by atoms with Gasteiger partial charge in [-0.05, 0) is 18.9 Å². The van der Waals surface area contributed by atoms with E-state index in [1.54, 1.807) is 0 Å². The van der Waals surface area contributed by atoms with Crippen LogP contribution in [0.2, 0.25) is 0 Å². The third kappa shape index (κ3) is 5.53. The molecule has 0 saturated carbocycles. The van der Waals surface area contributed by atoms with Crippen LogP contribution < -0.4 is 0 Å². The molecule has 1 aliphatic heterocycles. The lowest BCUT2D eigenvalue weighted by Gasteiger charge is -2.02. The summed E-state index contributed by atoms with van der Waals surface area (Å²) in [5.41, 5.74) is 0.920. The van der Waals surface area contributed by atoms with Crippen LogP contribution in [-0.4, -0.2) is 18.3 Å². The van der Waals surface area contributed by atoms with Gasteiger partial charge in [0, 0.05) is 6.42 Å². The van der Waals surface area contributed by atoms with E-state index in [1.165, 1.54) is 31.2 Å². The van der Waals surface area contributed by atoms with Gasteiger partial charge >= 0.3 is 0 Å². The molecule has 0 radical (unpaired) electrons. The molecular weight excluding hydrogens is 260 g/mol. The van der Waals surface area contributed by atoms with Gasteiger partial charge in [0.2, 0.25) is 0 Å². The van der Waals surface area contributed by atoms with Crippen LogP contribution in [-0.2, 0) is 16.1 Å². The lowest BCUT2D eigenvalue weighted by Crippen LogP contribution is -2.12. The van der Waals surface area contributed by atoms with Crippen LogP contribution in [0.4, 0.5) is 0 Å². The Kier molecular flexibility index (Phi) is 6.29. The second-order valence-corrected chi connectivity index (χ2v) is 5.83. The molecule has 1 aliphatic rings. The van der Waals surface area contributed by atoms with E-state index in [0.29, 0.717) is 13.2 Å². The van der Waals surface area contributed by atoms with E-state index in [1.807, 2.05) is 18.2 Å². The highest BCUT2D eigenvalue weighted by Crippen LogP contribution is 2.35. The maximum absolute atomic E-state index is 5.71. The minimum Gasteiger partial charge on any atom is -0.374 e. The smallest absolute Gasteiger partial charge is 0.154 e. The Bertz CT molecular complexity index is 471. The minimum absolute atomic E-state index is 0.129. The van der Waals surface area contributed by atoms with Crippen molar-refractivity contribution in [2.45, 2.75) is 64.3 Å². The van der Waals surface area contributed by atoms with Gasteiger partial charge in [0.15, 0.2) is 5.60 Å². The fourth-order valence-electron chi connectivity index (χ4n) is 2.30. The average molecular weight is 286 g/mol. The van der Waals surface area contributed by atoms with E-state index in [9.17, 15) is 0 Å². The molecule has 2 nitrogen and oxygen atoms in total. The van der Waals surface area contributed by atoms with Gasteiger partial charge in [-0.2, -0.15) is 0 Å². The highest BCUT2D eigenvalue weighted by molar-refractivity contribution is 5.23. The second-order valence-electron chi connectivity index (χ2n) is 5.83. The van der Waals surface area contributed by atoms with Gasteiger partial charge in [-0.15, -0.1) is 5.92 Å². The fourth-order valence-corrected chi connectivity index (χ4v) is 2.30. The van der Waals surface area contributed by atoms with E-state index in [-0.39, 0.29) is 11.7 Å². The molecule has 0 aliphatic carbocycles. The molecule has 1 aromatic rings. The summed E-state index contributed by atoms with van der Waals surface area (Å²) in [7, 11) is 0. The number of hydrogen-bond acceptors (Lipinski definition) is 2. The quantitative estimate of drug-likeness (QED) is 0.403. The summed E-state index contributed by atoms with van der Waals surface area (Å²) in [5, 5.41) is 0. The van der Waals surface area contributed by atoms with Crippen molar-refractivity contribution >= 4 is 0 Å². The predicted octanol–water partition coefficient (Wildman–Crippen LogP) is 4.33. The zero-order valence-corrected chi connectivity index (χ0v) is 13.2. The number of hydrogen-bond donors (Lipinski definition) is 0. The van der Waals surface area contributed by atoms with Gasteiger partial charge < -0.3 is 9.47 Å². The van der Waals surface area contributed by atoms with E-state index >= 15 is 0 Å². The summed E-state index contributed by atoms with van der Waals surface area (Å²) in [4.78, 5) is 0. The first-order valence-electron chi connectivity index (χ1n) is 8.04. The first-order valence-corrected chi connectivity index (χ1v) is 8.04.